The van der Waals surface area contributed by atoms with Gasteiger partial charge in [-0.1, -0.05) is 11.6 Å². The zero-order valence-electron chi connectivity index (χ0n) is 12.7. The maximum absolute atomic E-state index is 13.7. The third-order valence-corrected chi connectivity index (χ3v) is 3.89. The molecule has 0 spiro atoms. The fourth-order valence-electron chi connectivity index (χ4n) is 2.32. The van der Waals surface area contributed by atoms with Gasteiger partial charge in [0.05, 0.1) is 22.3 Å². The number of benzene rings is 1. The van der Waals surface area contributed by atoms with Crippen molar-refractivity contribution in [3.8, 4) is 11.3 Å². The van der Waals surface area contributed by atoms with E-state index in [1.807, 2.05) is 0 Å². The molecule has 0 aliphatic heterocycles. The Morgan fingerprint density at radius 1 is 1.24 bits per heavy atom. The Balaban J connectivity index is 2.31. The first-order valence-electron chi connectivity index (χ1n) is 6.94. The molecule has 1 aromatic carbocycles. The van der Waals surface area contributed by atoms with Crippen LogP contribution in [0.3, 0.4) is 0 Å². The summed E-state index contributed by atoms with van der Waals surface area (Å²) in [5.41, 5.74) is 0.491. The fourth-order valence-corrected chi connectivity index (χ4v) is 2.47. The van der Waals surface area contributed by atoms with Gasteiger partial charge in [0.1, 0.15) is 11.5 Å². The Morgan fingerprint density at radius 2 is 1.88 bits per heavy atom. The summed E-state index contributed by atoms with van der Waals surface area (Å²) in [6, 6.07) is 6.28. The third-order valence-electron chi connectivity index (χ3n) is 3.60. The van der Waals surface area contributed by atoms with Crippen molar-refractivity contribution in [2.75, 3.05) is 7.05 Å². The highest BCUT2D eigenvalue weighted by Gasteiger charge is 2.27. The summed E-state index contributed by atoms with van der Waals surface area (Å²) in [5, 5.41) is 12.9. The number of imide groups is 1. The average molecular weight is 366 g/mol. The third kappa shape index (κ3) is 2.91. The first-order chi connectivity index (χ1) is 11.8. The van der Waals surface area contributed by atoms with Gasteiger partial charge in [-0.15, -0.1) is 0 Å². The first-order valence-corrected chi connectivity index (χ1v) is 7.31. The Hall–Kier alpha value is -3.00. The van der Waals surface area contributed by atoms with Crippen molar-refractivity contribution in [3.05, 3.63) is 58.7 Å². The topological polar surface area (TPSA) is 74.9 Å². The van der Waals surface area contributed by atoms with E-state index in [1.165, 1.54) is 30.3 Å². The van der Waals surface area contributed by atoms with Crippen LogP contribution < -0.4 is 0 Å². The smallest absolute Gasteiger partial charge is 0.414 e. The van der Waals surface area contributed by atoms with Gasteiger partial charge in [-0.05, 0) is 30.3 Å². The highest BCUT2D eigenvalue weighted by atomic mass is 35.5. The Bertz CT molecular complexity index is 1000. The van der Waals surface area contributed by atoms with Gasteiger partial charge in [-0.2, -0.15) is 5.10 Å². The van der Waals surface area contributed by atoms with Crippen LogP contribution in [-0.4, -0.2) is 38.7 Å². The van der Waals surface area contributed by atoms with Crippen molar-refractivity contribution >= 4 is 29.1 Å². The number of nitrogens with zero attached hydrogens (tertiary/aromatic N) is 3. The second kappa shape index (κ2) is 6.14. The molecule has 0 unspecified atom stereocenters. The molecule has 0 bridgehead atoms. The van der Waals surface area contributed by atoms with Crippen LogP contribution in [0.15, 0.2) is 36.5 Å². The molecule has 3 rings (SSSR count). The van der Waals surface area contributed by atoms with E-state index < -0.39 is 23.6 Å². The zero-order valence-corrected chi connectivity index (χ0v) is 13.5. The number of fused-ring (bicyclic) bond motifs is 1. The molecular formula is C16H10ClF2N3O3. The van der Waals surface area contributed by atoms with Gasteiger partial charge in [0.25, 0.3) is 5.91 Å². The predicted octanol–water partition coefficient (Wildman–Crippen LogP) is 3.68. The largest absolute Gasteiger partial charge is 0.465 e. The second-order valence-electron chi connectivity index (χ2n) is 5.18. The number of halogens is 3. The van der Waals surface area contributed by atoms with Crippen LogP contribution in [0.4, 0.5) is 13.6 Å². The summed E-state index contributed by atoms with van der Waals surface area (Å²) in [5.74, 6) is -2.12. The molecule has 0 saturated heterocycles. The molecule has 25 heavy (non-hydrogen) atoms. The lowest BCUT2D eigenvalue weighted by atomic mass is 10.1. The van der Waals surface area contributed by atoms with Crippen LogP contribution in [0.1, 0.15) is 10.4 Å². The van der Waals surface area contributed by atoms with Crippen molar-refractivity contribution in [1.82, 2.24) is 14.5 Å². The number of pyridine rings is 1. The van der Waals surface area contributed by atoms with E-state index in [4.69, 9.17) is 16.7 Å². The van der Waals surface area contributed by atoms with E-state index in [-0.39, 0.29) is 21.8 Å². The number of rotatable bonds is 2. The second-order valence-corrected chi connectivity index (χ2v) is 5.58. The Kier molecular flexibility index (Phi) is 4.13. The summed E-state index contributed by atoms with van der Waals surface area (Å²) in [6.07, 6.45) is -0.495. The zero-order chi connectivity index (χ0) is 18.3. The van der Waals surface area contributed by atoms with Crippen LogP contribution in [0.25, 0.3) is 16.8 Å². The van der Waals surface area contributed by atoms with Crippen LogP contribution in [0.2, 0.25) is 5.02 Å². The van der Waals surface area contributed by atoms with Gasteiger partial charge in [-0.3, -0.25) is 4.79 Å². The van der Waals surface area contributed by atoms with E-state index in [2.05, 4.69) is 5.10 Å². The molecule has 0 saturated carbocycles. The molecule has 3 aromatic rings. The number of amides is 2. The number of carbonyl (C=O) groups is 2. The van der Waals surface area contributed by atoms with Gasteiger partial charge in [0, 0.05) is 12.6 Å². The molecule has 0 atom stereocenters. The SMILES string of the molecule is CN(C(=O)O)C(=O)c1c(-c2ccc(F)cc2)nn2cc(F)c(Cl)cc12. The fraction of sp³-hybridized carbons (Fsp3) is 0.0625. The first kappa shape index (κ1) is 16.8. The molecule has 0 radical (unpaired) electrons. The maximum atomic E-state index is 13.7. The van der Waals surface area contributed by atoms with Crippen molar-refractivity contribution in [1.29, 1.82) is 0 Å². The van der Waals surface area contributed by atoms with Crippen molar-refractivity contribution in [2.45, 2.75) is 0 Å². The quantitative estimate of drug-likeness (QED) is 0.751. The molecule has 9 heteroatoms. The lowest BCUT2D eigenvalue weighted by molar-refractivity contribution is 0.0784. The minimum atomic E-state index is -1.47. The molecule has 0 aliphatic carbocycles. The molecule has 2 amide bonds. The molecule has 6 nitrogen and oxygen atoms in total. The summed E-state index contributed by atoms with van der Waals surface area (Å²) in [6.45, 7) is 0. The number of carboxylic acid groups (broad SMARTS) is 1. The van der Waals surface area contributed by atoms with Gasteiger partial charge in [0.15, 0.2) is 5.82 Å². The van der Waals surface area contributed by atoms with E-state index in [0.29, 0.717) is 10.5 Å². The van der Waals surface area contributed by atoms with Crippen LogP contribution >= 0.6 is 11.6 Å². The maximum Gasteiger partial charge on any atom is 0.414 e. The normalized spacial score (nSPS) is 10.9. The molecule has 1 N–H and O–H groups in total. The Labute approximate surface area is 144 Å². The standard InChI is InChI=1S/C16H10ClF2N3O3/c1-21(16(24)25)15(23)13-12-6-10(17)11(19)7-22(12)20-14(13)8-2-4-9(18)5-3-8/h2-7H,1H3,(H,24,25). The number of aromatic nitrogens is 2. The number of carbonyl (C=O) groups excluding carboxylic acids is 1. The van der Waals surface area contributed by atoms with Crippen molar-refractivity contribution in [2.24, 2.45) is 0 Å². The minimum Gasteiger partial charge on any atom is -0.465 e. The predicted molar refractivity (Wildman–Crippen MR) is 85.7 cm³/mol. The molecule has 2 aromatic heterocycles. The van der Waals surface area contributed by atoms with Crippen molar-refractivity contribution in [3.63, 3.8) is 0 Å². The molecule has 0 aliphatic rings. The average Bonchev–Trinajstić information content (AvgIpc) is 2.92. The van der Waals surface area contributed by atoms with Crippen LogP contribution in [0.5, 0.6) is 0 Å². The monoisotopic (exact) mass is 365 g/mol. The van der Waals surface area contributed by atoms with Gasteiger partial charge >= 0.3 is 6.09 Å². The highest BCUT2D eigenvalue weighted by molar-refractivity contribution is 6.31. The van der Waals surface area contributed by atoms with E-state index >= 15 is 0 Å². The van der Waals surface area contributed by atoms with Gasteiger partial charge in [-0.25, -0.2) is 23.0 Å². The van der Waals surface area contributed by atoms with Crippen molar-refractivity contribution < 1.29 is 23.5 Å². The molecule has 128 valence electrons. The summed E-state index contributed by atoms with van der Waals surface area (Å²) >= 11 is 5.78. The summed E-state index contributed by atoms with van der Waals surface area (Å²) in [7, 11) is 1.08. The van der Waals surface area contributed by atoms with Gasteiger partial charge < -0.3 is 5.11 Å². The molecular weight excluding hydrogens is 356 g/mol. The number of hydrogen-bond donors (Lipinski definition) is 1. The van der Waals surface area contributed by atoms with Gasteiger partial charge in [0.2, 0.25) is 0 Å². The lowest BCUT2D eigenvalue weighted by Crippen LogP contribution is -2.31. The summed E-state index contributed by atoms with van der Waals surface area (Å²) < 4.78 is 27.9. The molecule has 2 heterocycles. The minimum absolute atomic E-state index is 0.0831. The highest BCUT2D eigenvalue weighted by Crippen LogP contribution is 2.30. The Morgan fingerprint density at radius 3 is 2.48 bits per heavy atom. The van der Waals surface area contributed by atoms with E-state index in [9.17, 15) is 18.4 Å². The lowest BCUT2D eigenvalue weighted by Gasteiger charge is -2.11. The molecule has 0 fully saturated rings. The van der Waals surface area contributed by atoms with Crippen LogP contribution in [-0.2, 0) is 0 Å². The number of hydrogen-bond acceptors (Lipinski definition) is 3. The van der Waals surface area contributed by atoms with E-state index in [0.717, 1.165) is 17.8 Å². The summed E-state index contributed by atoms with van der Waals surface area (Å²) in [4.78, 5) is 24.2. The van der Waals surface area contributed by atoms with E-state index in [1.54, 1.807) is 0 Å². The van der Waals surface area contributed by atoms with Crippen LogP contribution in [0, 0.1) is 11.6 Å².